The van der Waals surface area contributed by atoms with Gasteiger partial charge in [0.1, 0.15) is 6.04 Å². The SMILES string of the molecule is CCCc1nc(C)c(CNC(=O)C2=C(C)NC(=O)N[C@H]2c2nc[nH]c2C)s1. The van der Waals surface area contributed by atoms with Crippen LogP contribution in [0.2, 0.25) is 0 Å². The number of rotatable bonds is 6. The summed E-state index contributed by atoms with van der Waals surface area (Å²) in [6.45, 7) is 8.06. The van der Waals surface area contributed by atoms with Crippen LogP contribution in [0.15, 0.2) is 17.6 Å². The number of aromatic nitrogens is 3. The summed E-state index contributed by atoms with van der Waals surface area (Å²) in [5.41, 5.74) is 3.37. The third-order valence-corrected chi connectivity index (χ3v) is 5.68. The lowest BCUT2D eigenvalue weighted by Crippen LogP contribution is -2.47. The zero-order valence-corrected chi connectivity index (χ0v) is 16.7. The van der Waals surface area contributed by atoms with Crippen LogP contribution in [-0.2, 0) is 17.8 Å². The van der Waals surface area contributed by atoms with E-state index in [0.717, 1.165) is 34.1 Å². The summed E-state index contributed by atoms with van der Waals surface area (Å²) in [6.07, 6.45) is 3.54. The average Bonchev–Trinajstić information content (AvgIpc) is 3.17. The van der Waals surface area contributed by atoms with Crippen molar-refractivity contribution in [1.29, 1.82) is 0 Å². The third kappa shape index (κ3) is 4.02. The first kappa shape index (κ1) is 19.1. The Hall–Kier alpha value is -2.68. The summed E-state index contributed by atoms with van der Waals surface area (Å²) >= 11 is 1.63. The summed E-state index contributed by atoms with van der Waals surface area (Å²) in [6, 6.07) is -0.942. The van der Waals surface area contributed by atoms with Crippen LogP contribution in [0.25, 0.3) is 0 Å². The van der Waals surface area contributed by atoms with E-state index in [1.807, 2.05) is 13.8 Å². The number of hydrogen-bond acceptors (Lipinski definition) is 5. The minimum Gasteiger partial charge on any atom is -0.348 e. The first-order chi connectivity index (χ1) is 12.9. The zero-order valence-electron chi connectivity index (χ0n) is 15.9. The Morgan fingerprint density at radius 2 is 2.11 bits per heavy atom. The average molecular weight is 388 g/mol. The van der Waals surface area contributed by atoms with Gasteiger partial charge in [-0.1, -0.05) is 6.92 Å². The van der Waals surface area contributed by atoms with Crippen LogP contribution in [0.3, 0.4) is 0 Å². The molecule has 0 radical (unpaired) electrons. The fourth-order valence-electron chi connectivity index (χ4n) is 3.09. The Labute approximate surface area is 161 Å². The predicted octanol–water partition coefficient (Wildman–Crippen LogP) is 2.38. The van der Waals surface area contributed by atoms with Gasteiger partial charge in [-0.15, -0.1) is 11.3 Å². The maximum absolute atomic E-state index is 12.9. The number of carbonyl (C=O) groups excluding carboxylic acids is 2. The van der Waals surface area contributed by atoms with Gasteiger partial charge in [-0.05, 0) is 33.6 Å². The second kappa shape index (κ2) is 7.91. The Morgan fingerprint density at radius 1 is 1.33 bits per heavy atom. The fourth-order valence-corrected chi connectivity index (χ4v) is 4.20. The predicted molar refractivity (Wildman–Crippen MR) is 103 cm³/mol. The van der Waals surface area contributed by atoms with Crippen LogP contribution in [0, 0.1) is 13.8 Å². The van der Waals surface area contributed by atoms with E-state index in [0.29, 0.717) is 23.5 Å². The van der Waals surface area contributed by atoms with E-state index in [1.165, 1.54) is 0 Å². The maximum atomic E-state index is 12.9. The number of aryl methyl sites for hydroxylation is 3. The molecule has 4 N–H and O–H groups in total. The topological polar surface area (TPSA) is 112 Å². The highest BCUT2D eigenvalue weighted by atomic mass is 32.1. The second-order valence-electron chi connectivity index (χ2n) is 6.53. The van der Waals surface area contributed by atoms with Crippen LogP contribution in [0.4, 0.5) is 4.79 Å². The lowest BCUT2D eigenvalue weighted by molar-refractivity contribution is -0.118. The Bertz CT molecular complexity index is 898. The van der Waals surface area contributed by atoms with Gasteiger partial charge >= 0.3 is 6.03 Å². The number of allylic oxidation sites excluding steroid dienone is 1. The van der Waals surface area contributed by atoms with Gasteiger partial charge < -0.3 is 20.9 Å². The zero-order chi connectivity index (χ0) is 19.6. The molecule has 0 aromatic carbocycles. The number of thiazole rings is 1. The number of amides is 3. The van der Waals surface area contributed by atoms with E-state index in [2.05, 4.69) is 37.8 Å². The van der Waals surface area contributed by atoms with Crippen LogP contribution in [0.5, 0.6) is 0 Å². The molecule has 2 aromatic rings. The van der Waals surface area contributed by atoms with Crippen molar-refractivity contribution in [3.63, 3.8) is 0 Å². The lowest BCUT2D eigenvalue weighted by Gasteiger charge is -2.27. The van der Waals surface area contributed by atoms with E-state index in [-0.39, 0.29) is 11.9 Å². The highest BCUT2D eigenvalue weighted by Gasteiger charge is 2.33. The standard InChI is InChI=1S/C18H24N6O2S/c1-5-6-13-22-9(2)12(27-13)7-19-17(25)14-10(3)23-18(26)24-16(14)15-11(4)20-8-21-15/h8,16H,5-7H2,1-4H3,(H,19,25)(H,20,21)(H2,23,24,26)/t16-/m1/s1. The van der Waals surface area contributed by atoms with Gasteiger partial charge in [-0.25, -0.2) is 14.8 Å². The Morgan fingerprint density at radius 3 is 2.78 bits per heavy atom. The number of aromatic amines is 1. The van der Waals surface area contributed by atoms with E-state index in [9.17, 15) is 9.59 Å². The molecule has 144 valence electrons. The van der Waals surface area contributed by atoms with Crippen molar-refractivity contribution in [1.82, 2.24) is 30.9 Å². The lowest BCUT2D eigenvalue weighted by atomic mass is 9.98. The molecule has 0 saturated carbocycles. The molecule has 1 atom stereocenters. The molecule has 8 nitrogen and oxygen atoms in total. The van der Waals surface area contributed by atoms with Crippen LogP contribution in [0.1, 0.15) is 53.3 Å². The molecule has 1 aliphatic rings. The van der Waals surface area contributed by atoms with E-state index in [1.54, 1.807) is 24.6 Å². The van der Waals surface area contributed by atoms with Gasteiger partial charge in [-0.2, -0.15) is 0 Å². The van der Waals surface area contributed by atoms with Gasteiger partial charge in [-0.3, -0.25) is 4.79 Å². The van der Waals surface area contributed by atoms with Gasteiger partial charge in [0, 0.05) is 16.3 Å². The summed E-state index contributed by atoms with van der Waals surface area (Å²) in [5.74, 6) is -0.239. The number of nitrogens with zero attached hydrogens (tertiary/aromatic N) is 2. The Balaban J connectivity index is 1.80. The van der Waals surface area contributed by atoms with Gasteiger partial charge in [0.25, 0.3) is 5.91 Å². The van der Waals surface area contributed by atoms with E-state index in [4.69, 9.17) is 0 Å². The van der Waals surface area contributed by atoms with Crippen molar-refractivity contribution in [2.45, 2.75) is 53.1 Å². The molecule has 9 heteroatoms. The summed E-state index contributed by atoms with van der Waals surface area (Å²) in [7, 11) is 0. The number of H-pyrrole nitrogens is 1. The third-order valence-electron chi connectivity index (χ3n) is 4.47. The van der Waals surface area contributed by atoms with E-state index >= 15 is 0 Å². The highest BCUT2D eigenvalue weighted by molar-refractivity contribution is 7.11. The molecule has 2 aromatic heterocycles. The first-order valence-electron chi connectivity index (χ1n) is 8.92. The normalized spacial score (nSPS) is 16.9. The number of hydrogen-bond donors (Lipinski definition) is 4. The van der Waals surface area contributed by atoms with Crippen molar-refractivity contribution >= 4 is 23.3 Å². The van der Waals surface area contributed by atoms with Crippen LogP contribution in [-0.4, -0.2) is 26.9 Å². The van der Waals surface area contributed by atoms with Gasteiger partial charge in [0.05, 0.1) is 34.8 Å². The van der Waals surface area contributed by atoms with Crippen molar-refractivity contribution in [2.24, 2.45) is 0 Å². The van der Waals surface area contributed by atoms with Crippen molar-refractivity contribution in [3.8, 4) is 0 Å². The molecule has 3 amide bonds. The summed E-state index contributed by atoms with van der Waals surface area (Å²) in [5, 5.41) is 9.52. The second-order valence-corrected chi connectivity index (χ2v) is 7.70. The molecule has 27 heavy (non-hydrogen) atoms. The van der Waals surface area contributed by atoms with Crippen LogP contribution >= 0.6 is 11.3 Å². The molecule has 0 saturated heterocycles. The maximum Gasteiger partial charge on any atom is 0.319 e. The number of nitrogens with one attached hydrogen (secondary N) is 4. The minimum atomic E-state index is -0.594. The first-order valence-corrected chi connectivity index (χ1v) is 9.73. The number of carbonyl (C=O) groups is 2. The molecule has 0 spiro atoms. The van der Waals surface area contributed by atoms with E-state index < -0.39 is 6.04 Å². The molecule has 0 aliphatic carbocycles. The smallest absolute Gasteiger partial charge is 0.319 e. The molecule has 3 heterocycles. The molecule has 1 aliphatic heterocycles. The molecular weight excluding hydrogens is 364 g/mol. The number of urea groups is 1. The van der Waals surface area contributed by atoms with Crippen LogP contribution < -0.4 is 16.0 Å². The number of imidazole rings is 1. The molecular formula is C18H24N6O2S. The van der Waals surface area contributed by atoms with Crippen molar-refractivity contribution in [2.75, 3.05) is 0 Å². The van der Waals surface area contributed by atoms with Crippen molar-refractivity contribution in [3.05, 3.63) is 44.6 Å². The van der Waals surface area contributed by atoms with Crippen molar-refractivity contribution < 1.29 is 9.59 Å². The monoisotopic (exact) mass is 388 g/mol. The molecule has 0 bridgehead atoms. The highest BCUT2D eigenvalue weighted by Crippen LogP contribution is 2.27. The minimum absolute atomic E-state index is 0.239. The van der Waals surface area contributed by atoms with Gasteiger partial charge in [0.2, 0.25) is 0 Å². The molecule has 0 fully saturated rings. The quantitative estimate of drug-likeness (QED) is 0.609. The molecule has 3 rings (SSSR count). The summed E-state index contributed by atoms with van der Waals surface area (Å²) in [4.78, 5) is 37.7. The largest absolute Gasteiger partial charge is 0.348 e. The fraction of sp³-hybridized carbons (Fsp3) is 0.444. The molecule has 0 unspecified atom stereocenters. The Kier molecular flexibility index (Phi) is 5.59. The summed E-state index contributed by atoms with van der Waals surface area (Å²) < 4.78 is 0. The van der Waals surface area contributed by atoms with Gasteiger partial charge in [0.15, 0.2) is 0 Å².